The molecule has 1 N–H and O–H groups in total. The largest absolute Gasteiger partial charge is 0.493 e. The fraction of sp³-hybridized carbons (Fsp3) is 0.588. The maximum absolute atomic E-state index is 12.6. The van der Waals surface area contributed by atoms with E-state index >= 15 is 0 Å². The van der Waals surface area contributed by atoms with Gasteiger partial charge in [-0.05, 0) is 24.5 Å². The van der Waals surface area contributed by atoms with E-state index in [0.717, 1.165) is 25.7 Å². The van der Waals surface area contributed by atoms with Gasteiger partial charge in [0, 0.05) is 6.54 Å². The lowest BCUT2D eigenvalue weighted by Crippen LogP contribution is -2.29. The van der Waals surface area contributed by atoms with E-state index in [9.17, 15) is 13.6 Å². The van der Waals surface area contributed by atoms with Gasteiger partial charge in [-0.1, -0.05) is 39.2 Å². The molecule has 1 aromatic rings. The predicted octanol–water partition coefficient (Wildman–Crippen LogP) is 4.24. The molecule has 0 aliphatic heterocycles. The third-order valence-electron chi connectivity index (χ3n) is 3.74. The van der Waals surface area contributed by atoms with Crippen LogP contribution in [0.1, 0.15) is 49.9 Å². The molecule has 0 aliphatic rings. The number of alkyl halides is 2. The Kier molecular flexibility index (Phi) is 8.37. The number of hydrogen-bond donors (Lipinski definition) is 1. The molecule has 0 spiro atoms. The number of rotatable bonds is 10. The van der Waals surface area contributed by atoms with Gasteiger partial charge in [0.1, 0.15) is 0 Å². The fourth-order valence-electron chi connectivity index (χ4n) is 2.34. The minimum absolute atomic E-state index is 0.0509. The highest BCUT2D eigenvalue weighted by molar-refractivity contribution is 5.97. The van der Waals surface area contributed by atoms with Gasteiger partial charge in [0.05, 0.1) is 12.7 Å². The first-order chi connectivity index (χ1) is 11.0. The van der Waals surface area contributed by atoms with E-state index in [4.69, 9.17) is 4.74 Å². The predicted molar refractivity (Wildman–Crippen MR) is 85.3 cm³/mol. The van der Waals surface area contributed by atoms with Crippen LogP contribution < -0.4 is 14.8 Å². The van der Waals surface area contributed by atoms with Crippen molar-refractivity contribution in [3.8, 4) is 11.5 Å². The van der Waals surface area contributed by atoms with Gasteiger partial charge in [-0.2, -0.15) is 8.78 Å². The number of para-hydroxylation sites is 1. The molecule has 23 heavy (non-hydrogen) atoms. The Hall–Kier alpha value is -1.85. The molecule has 0 fully saturated rings. The van der Waals surface area contributed by atoms with Crippen LogP contribution in [0.25, 0.3) is 0 Å². The highest BCUT2D eigenvalue weighted by Crippen LogP contribution is 2.32. The van der Waals surface area contributed by atoms with Crippen LogP contribution in [0.5, 0.6) is 11.5 Å². The summed E-state index contributed by atoms with van der Waals surface area (Å²) in [7, 11) is 1.34. The maximum atomic E-state index is 12.6. The summed E-state index contributed by atoms with van der Waals surface area (Å²) < 4.78 is 34.6. The molecular formula is C17H25F2NO3. The lowest BCUT2D eigenvalue weighted by molar-refractivity contribution is -0.0515. The van der Waals surface area contributed by atoms with Gasteiger partial charge in [0.2, 0.25) is 0 Å². The van der Waals surface area contributed by atoms with Crippen molar-refractivity contribution in [1.29, 1.82) is 0 Å². The summed E-state index contributed by atoms with van der Waals surface area (Å²) in [4.78, 5) is 12.3. The number of methoxy groups -OCH3 is 1. The molecule has 130 valence electrons. The van der Waals surface area contributed by atoms with Crippen molar-refractivity contribution in [3.05, 3.63) is 23.8 Å². The van der Waals surface area contributed by atoms with Gasteiger partial charge >= 0.3 is 6.61 Å². The van der Waals surface area contributed by atoms with Gasteiger partial charge in [0.25, 0.3) is 5.91 Å². The Morgan fingerprint density at radius 2 is 2.04 bits per heavy atom. The number of unbranched alkanes of at least 4 members (excludes halogenated alkanes) is 1. The van der Waals surface area contributed by atoms with E-state index < -0.39 is 12.5 Å². The summed E-state index contributed by atoms with van der Waals surface area (Å²) >= 11 is 0. The standard InChI is InChI=1S/C17H25F2NO3/c1-4-6-8-12(5-2)11-20-16(21)13-9-7-10-14(22-3)15(13)23-17(18)19/h7,9-10,12,17H,4-6,8,11H2,1-3H3,(H,20,21). The molecule has 0 aliphatic carbocycles. The molecular weight excluding hydrogens is 304 g/mol. The van der Waals surface area contributed by atoms with Crippen LogP contribution >= 0.6 is 0 Å². The molecule has 0 bridgehead atoms. The van der Waals surface area contributed by atoms with Gasteiger partial charge in [-0.3, -0.25) is 4.79 Å². The first-order valence-corrected chi connectivity index (χ1v) is 7.93. The molecule has 0 heterocycles. The van der Waals surface area contributed by atoms with Crippen LogP contribution in [0.3, 0.4) is 0 Å². The van der Waals surface area contributed by atoms with Crippen molar-refractivity contribution in [3.63, 3.8) is 0 Å². The van der Waals surface area contributed by atoms with E-state index in [0.29, 0.717) is 12.5 Å². The molecule has 0 saturated carbocycles. The molecule has 0 aromatic heterocycles. The van der Waals surface area contributed by atoms with Crippen molar-refractivity contribution in [2.45, 2.75) is 46.1 Å². The molecule has 0 saturated heterocycles. The summed E-state index contributed by atoms with van der Waals surface area (Å²) in [5.41, 5.74) is 0.0509. The Morgan fingerprint density at radius 3 is 2.61 bits per heavy atom. The quantitative estimate of drug-likeness (QED) is 0.698. The van der Waals surface area contributed by atoms with E-state index in [1.807, 2.05) is 0 Å². The summed E-state index contributed by atoms with van der Waals surface area (Å²) in [6.07, 6.45) is 4.20. The average molecular weight is 329 g/mol. The fourth-order valence-corrected chi connectivity index (χ4v) is 2.34. The number of ether oxygens (including phenoxy) is 2. The smallest absolute Gasteiger partial charge is 0.387 e. The van der Waals surface area contributed by atoms with Crippen LogP contribution in [0.15, 0.2) is 18.2 Å². The molecule has 1 aromatic carbocycles. The summed E-state index contributed by atoms with van der Waals surface area (Å²) in [6, 6.07) is 4.49. The topological polar surface area (TPSA) is 47.6 Å². The van der Waals surface area contributed by atoms with Crippen molar-refractivity contribution in [2.75, 3.05) is 13.7 Å². The monoisotopic (exact) mass is 329 g/mol. The number of amides is 1. The number of nitrogens with one attached hydrogen (secondary N) is 1. The molecule has 1 amide bonds. The van der Waals surface area contributed by atoms with Crippen LogP contribution in [-0.4, -0.2) is 26.2 Å². The zero-order valence-corrected chi connectivity index (χ0v) is 13.9. The Labute approximate surface area is 136 Å². The van der Waals surface area contributed by atoms with Crippen LogP contribution in [0.4, 0.5) is 8.78 Å². The normalized spacial score (nSPS) is 12.1. The van der Waals surface area contributed by atoms with E-state index in [2.05, 4.69) is 23.9 Å². The maximum Gasteiger partial charge on any atom is 0.387 e. The lowest BCUT2D eigenvalue weighted by atomic mass is 9.99. The highest BCUT2D eigenvalue weighted by atomic mass is 19.3. The SMILES string of the molecule is CCCCC(CC)CNC(=O)c1cccc(OC)c1OC(F)F. The second-order valence-electron chi connectivity index (χ2n) is 5.34. The van der Waals surface area contributed by atoms with E-state index in [1.165, 1.54) is 19.2 Å². The first-order valence-electron chi connectivity index (χ1n) is 7.93. The van der Waals surface area contributed by atoms with Crippen molar-refractivity contribution in [2.24, 2.45) is 5.92 Å². The molecule has 4 nitrogen and oxygen atoms in total. The van der Waals surface area contributed by atoms with Gasteiger partial charge in [-0.15, -0.1) is 0 Å². The Bertz CT molecular complexity index is 495. The number of benzene rings is 1. The second-order valence-corrected chi connectivity index (χ2v) is 5.34. The molecule has 1 rings (SSSR count). The van der Waals surface area contributed by atoms with Crippen LogP contribution in [-0.2, 0) is 0 Å². The molecule has 6 heteroatoms. The Morgan fingerprint density at radius 1 is 1.30 bits per heavy atom. The van der Waals surface area contributed by atoms with Gasteiger partial charge in [-0.25, -0.2) is 0 Å². The molecule has 1 unspecified atom stereocenters. The summed E-state index contributed by atoms with van der Waals surface area (Å²) in [5, 5.41) is 2.80. The Balaban J connectivity index is 2.82. The van der Waals surface area contributed by atoms with Crippen LogP contribution in [0.2, 0.25) is 0 Å². The molecule has 0 radical (unpaired) electrons. The van der Waals surface area contributed by atoms with Crippen LogP contribution in [0, 0.1) is 5.92 Å². The zero-order valence-electron chi connectivity index (χ0n) is 13.9. The lowest BCUT2D eigenvalue weighted by Gasteiger charge is -2.17. The van der Waals surface area contributed by atoms with Crippen molar-refractivity contribution < 1.29 is 23.0 Å². The summed E-state index contributed by atoms with van der Waals surface area (Å²) in [5.74, 6) is -0.182. The van der Waals surface area contributed by atoms with Crippen molar-refractivity contribution in [1.82, 2.24) is 5.32 Å². The molecule has 1 atom stereocenters. The third kappa shape index (κ3) is 6.04. The number of carbonyl (C=O) groups is 1. The van der Waals surface area contributed by atoms with E-state index in [1.54, 1.807) is 6.07 Å². The minimum Gasteiger partial charge on any atom is -0.493 e. The minimum atomic E-state index is -3.02. The second kappa shape index (κ2) is 10.0. The van der Waals surface area contributed by atoms with Gasteiger partial charge < -0.3 is 14.8 Å². The highest BCUT2D eigenvalue weighted by Gasteiger charge is 2.20. The first kappa shape index (κ1) is 19.2. The van der Waals surface area contributed by atoms with Gasteiger partial charge in [0.15, 0.2) is 11.5 Å². The van der Waals surface area contributed by atoms with Crippen molar-refractivity contribution >= 4 is 5.91 Å². The van der Waals surface area contributed by atoms with E-state index in [-0.39, 0.29) is 17.1 Å². The number of carbonyl (C=O) groups excluding carboxylic acids is 1. The average Bonchev–Trinajstić information content (AvgIpc) is 2.54. The summed E-state index contributed by atoms with van der Waals surface area (Å²) in [6.45, 7) is 1.69. The number of hydrogen-bond acceptors (Lipinski definition) is 3. The third-order valence-corrected chi connectivity index (χ3v) is 3.74. The zero-order chi connectivity index (χ0) is 17.2. The number of halogens is 2.